The minimum absolute atomic E-state index is 0.0205. The Morgan fingerprint density at radius 3 is 2.85 bits per heavy atom. The molecular weight excluding hydrogens is 304 g/mol. The first-order valence-electron chi connectivity index (χ1n) is 5.54. The van der Waals surface area contributed by atoms with Crippen LogP contribution in [-0.4, -0.2) is 40.8 Å². The molecule has 20 heavy (non-hydrogen) atoms. The minimum Gasteiger partial charge on any atom is -0.478 e. The van der Waals surface area contributed by atoms with Gasteiger partial charge in [-0.3, -0.25) is 0 Å². The van der Waals surface area contributed by atoms with Crippen LogP contribution in [0.2, 0.25) is 0 Å². The van der Waals surface area contributed by atoms with Crippen molar-refractivity contribution >= 4 is 27.3 Å². The van der Waals surface area contributed by atoms with Crippen molar-refractivity contribution in [1.29, 1.82) is 0 Å². The van der Waals surface area contributed by atoms with Crippen LogP contribution in [0.5, 0.6) is 0 Å². The molecule has 10 heteroatoms. The zero-order chi connectivity index (χ0) is 14.8. The third kappa shape index (κ3) is 3.21. The molecule has 0 bridgehead atoms. The van der Waals surface area contributed by atoms with Gasteiger partial charge in [0, 0.05) is 25.4 Å². The van der Waals surface area contributed by atoms with Crippen LogP contribution >= 0.6 is 11.3 Å². The van der Waals surface area contributed by atoms with E-state index in [4.69, 9.17) is 5.11 Å². The van der Waals surface area contributed by atoms with Crippen LogP contribution in [0.25, 0.3) is 0 Å². The number of nitrogens with zero attached hydrogens (tertiary/aromatic N) is 3. The van der Waals surface area contributed by atoms with Crippen LogP contribution in [0.3, 0.4) is 0 Å². The number of thiophene rings is 1. The molecule has 0 saturated heterocycles. The average molecular weight is 316 g/mol. The van der Waals surface area contributed by atoms with Crippen molar-refractivity contribution in [2.24, 2.45) is 7.05 Å². The van der Waals surface area contributed by atoms with E-state index in [-0.39, 0.29) is 16.3 Å². The van der Waals surface area contributed by atoms with Gasteiger partial charge in [-0.2, -0.15) is 0 Å². The summed E-state index contributed by atoms with van der Waals surface area (Å²) >= 11 is 0.871. The van der Waals surface area contributed by atoms with E-state index in [1.54, 1.807) is 11.6 Å². The summed E-state index contributed by atoms with van der Waals surface area (Å²) in [6.07, 6.45) is 1.93. The predicted molar refractivity (Wildman–Crippen MR) is 71.2 cm³/mol. The van der Waals surface area contributed by atoms with Crippen molar-refractivity contribution in [2.75, 3.05) is 6.54 Å². The molecule has 0 aliphatic heterocycles. The number of aromatic carboxylic acids is 1. The van der Waals surface area contributed by atoms with Crippen LogP contribution in [0.4, 0.5) is 0 Å². The smallest absolute Gasteiger partial charge is 0.336 e. The highest BCUT2D eigenvalue weighted by molar-refractivity contribution is 7.91. The van der Waals surface area contributed by atoms with Gasteiger partial charge in [0.15, 0.2) is 0 Å². The number of nitrogens with one attached hydrogen (secondary N) is 1. The zero-order valence-corrected chi connectivity index (χ0v) is 12.1. The van der Waals surface area contributed by atoms with E-state index in [2.05, 4.69) is 14.9 Å². The Balaban J connectivity index is 2.00. The van der Waals surface area contributed by atoms with E-state index >= 15 is 0 Å². The predicted octanol–water partition coefficient (Wildman–Crippen LogP) is 0.0958. The standard InChI is InChI=1S/C10H12N4O4S2/c1-14-6-11-13-8(14)2-3-12-20(17,18)9-4-7(5-19-9)10(15)16/h4-6,12H,2-3H2,1H3,(H,15,16). The SMILES string of the molecule is Cn1cnnc1CCNS(=O)(=O)c1cc(C(=O)O)cs1. The highest BCUT2D eigenvalue weighted by Gasteiger charge is 2.18. The lowest BCUT2D eigenvalue weighted by molar-refractivity contribution is 0.0697. The van der Waals surface area contributed by atoms with Gasteiger partial charge in [-0.15, -0.1) is 21.5 Å². The number of aromatic nitrogens is 3. The maximum atomic E-state index is 11.9. The Labute approximate surface area is 119 Å². The fourth-order valence-electron chi connectivity index (χ4n) is 1.47. The van der Waals surface area contributed by atoms with Crippen LogP contribution < -0.4 is 4.72 Å². The molecule has 0 unspecified atom stereocenters. The van der Waals surface area contributed by atoms with E-state index in [0.29, 0.717) is 12.2 Å². The summed E-state index contributed by atoms with van der Waals surface area (Å²) in [5.74, 6) is -0.494. The van der Waals surface area contributed by atoms with Crippen molar-refractivity contribution in [1.82, 2.24) is 19.5 Å². The molecule has 0 atom stereocenters. The molecule has 108 valence electrons. The number of rotatable bonds is 6. The average Bonchev–Trinajstić information content (AvgIpc) is 2.99. The van der Waals surface area contributed by atoms with Gasteiger partial charge in [-0.05, 0) is 6.07 Å². The van der Waals surface area contributed by atoms with Gasteiger partial charge >= 0.3 is 5.97 Å². The van der Waals surface area contributed by atoms with Crippen LogP contribution in [0.15, 0.2) is 22.0 Å². The molecular formula is C10H12N4O4S2. The lowest BCUT2D eigenvalue weighted by Gasteiger charge is -2.04. The maximum absolute atomic E-state index is 11.9. The number of aryl methyl sites for hydroxylation is 1. The van der Waals surface area contributed by atoms with Crippen molar-refractivity contribution in [2.45, 2.75) is 10.6 Å². The van der Waals surface area contributed by atoms with Crippen molar-refractivity contribution in [3.8, 4) is 0 Å². The van der Waals surface area contributed by atoms with Crippen molar-refractivity contribution in [3.05, 3.63) is 29.2 Å². The van der Waals surface area contributed by atoms with Crippen LogP contribution in [0, 0.1) is 0 Å². The molecule has 0 radical (unpaired) electrons. The topological polar surface area (TPSA) is 114 Å². The summed E-state index contributed by atoms with van der Waals surface area (Å²) in [4.78, 5) is 10.7. The van der Waals surface area contributed by atoms with Crippen LogP contribution in [0.1, 0.15) is 16.2 Å². The first-order chi connectivity index (χ1) is 9.40. The Hall–Kier alpha value is -1.78. The molecule has 0 fully saturated rings. The van der Waals surface area contributed by atoms with Gasteiger partial charge in [-0.1, -0.05) is 0 Å². The van der Waals surface area contributed by atoms with Gasteiger partial charge < -0.3 is 9.67 Å². The summed E-state index contributed by atoms with van der Waals surface area (Å²) in [7, 11) is -1.93. The molecule has 0 saturated carbocycles. The molecule has 2 rings (SSSR count). The van der Waals surface area contributed by atoms with Gasteiger partial charge in [0.25, 0.3) is 0 Å². The normalized spacial score (nSPS) is 11.7. The van der Waals surface area contributed by atoms with E-state index < -0.39 is 16.0 Å². The van der Waals surface area contributed by atoms with Gasteiger partial charge in [0.1, 0.15) is 16.4 Å². The lowest BCUT2D eigenvalue weighted by atomic mass is 10.4. The Bertz CT molecular complexity index is 719. The number of carboxylic acid groups (broad SMARTS) is 1. The van der Waals surface area contributed by atoms with E-state index in [0.717, 1.165) is 17.4 Å². The maximum Gasteiger partial charge on any atom is 0.336 e. The Kier molecular flexibility index (Phi) is 4.16. The molecule has 0 spiro atoms. The number of hydrogen-bond donors (Lipinski definition) is 2. The fraction of sp³-hybridized carbons (Fsp3) is 0.300. The van der Waals surface area contributed by atoms with Gasteiger partial charge in [-0.25, -0.2) is 17.9 Å². The molecule has 0 aliphatic carbocycles. The van der Waals surface area contributed by atoms with Crippen LogP contribution in [-0.2, 0) is 23.5 Å². The van der Waals surface area contributed by atoms with Crippen molar-refractivity contribution < 1.29 is 18.3 Å². The third-order valence-corrected chi connectivity index (χ3v) is 5.43. The van der Waals surface area contributed by atoms with Gasteiger partial charge in [0.05, 0.1) is 5.56 Å². The largest absolute Gasteiger partial charge is 0.478 e. The molecule has 0 aromatic carbocycles. The molecule has 8 nitrogen and oxygen atoms in total. The third-order valence-electron chi connectivity index (χ3n) is 2.53. The molecule has 2 aromatic heterocycles. The van der Waals surface area contributed by atoms with E-state index in [1.807, 2.05) is 0 Å². The summed E-state index contributed by atoms with van der Waals surface area (Å²) in [5, 5.41) is 17.6. The summed E-state index contributed by atoms with van der Waals surface area (Å²) in [6.45, 7) is 0.162. The number of carbonyl (C=O) groups is 1. The number of sulfonamides is 1. The monoisotopic (exact) mass is 316 g/mol. The number of carboxylic acids is 1. The molecule has 0 aliphatic rings. The summed E-state index contributed by atoms with van der Waals surface area (Å²) in [5.41, 5.74) is -0.0383. The lowest BCUT2D eigenvalue weighted by Crippen LogP contribution is -2.26. The summed E-state index contributed by atoms with van der Waals surface area (Å²) < 4.78 is 28.0. The molecule has 2 heterocycles. The van der Waals surface area contributed by atoms with E-state index in [1.165, 1.54) is 11.7 Å². The highest BCUT2D eigenvalue weighted by atomic mass is 32.2. The second kappa shape index (κ2) is 5.69. The zero-order valence-electron chi connectivity index (χ0n) is 10.5. The van der Waals surface area contributed by atoms with Crippen molar-refractivity contribution in [3.63, 3.8) is 0 Å². The highest BCUT2D eigenvalue weighted by Crippen LogP contribution is 2.19. The second-order valence-electron chi connectivity index (χ2n) is 3.97. The number of hydrogen-bond acceptors (Lipinski definition) is 6. The van der Waals surface area contributed by atoms with E-state index in [9.17, 15) is 13.2 Å². The second-order valence-corrected chi connectivity index (χ2v) is 6.87. The Morgan fingerprint density at radius 1 is 1.55 bits per heavy atom. The fourth-order valence-corrected chi connectivity index (χ4v) is 3.70. The minimum atomic E-state index is -3.69. The molecule has 2 N–H and O–H groups in total. The molecule has 2 aromatic rings. The van der Waals surface area contributed by atoms with Gasteiger partial charge in [0.2, 0.25) is 10.0 Å². The quantitative estimate of drug-likeness (QED) is 0.781. The summed E-state index contributed by atoms with van der Waals surface area (Å²) in [6, 6.07) is 1.14. The molecule has 0 amide bonds. The first kappa shape index (κ1) is 14.6. The first-order valence-corrected chi connectivity index (χ1v) is 7.91. The Morgan fingerprint density at radius 2 is 2.30 bits per heavy atom.